The number of ether oxygens (including phenoxy) is 2. The van der Waals surface area contributed by atoms with Crippen LogP contribution in [-0.4, -0.2) is 46.0 Å². The molecule has 0 aromatic carbocycles. The highest BCUT2D eigenvalue weighted by Gasteiger charge is 2.50. The molecule has 0 bridgehead atoms. The molecule has 0 spiro atoms. The molecular weight excluding hydrogens is 412 g/mol. The summed E-state index contributed by atoms with van der Waals surface area (Å²) in [6.45, 7) is 8.49. The maximum Gasteiger partial charge on any atom is 0.331 e. The molecule has 0 aliphatic rings. The minimum Gasteiger partial charge on any atom is -0.481 e. The summed E-state index contributed by atoms with van der Waals surface area (Å²) in [6.07, 6.45) is 0.471. The Labute approximate surface area is 181 Å². The third-order valence-electron chi connectivity index (χ3n) is 5.54. The topological polar surface area (TPSA) is 161 Å². The van der Waals surface area contributed by atoms with Crippen molar-refractivity contribution in [3.05, 3.63) is 0 Å². The van der Waals surface area contributed by atoms with E-state index in [1.807, 2.05) is 0 Å². The number of esters is 4. The number of hydrogen-bond donors (Lipinski definition) is 2. The summed E-state index contributed by atoms with van der Waals surface area (Å²) in [7, 11) is 0. The van der Waals surface area contributed by atoms with Crippen LogP contribution in [0.25, 0.3) is 0 Å². The van der Waals surface area contributed by atoms with Gasteiger partial charge in [-0.05, 0) is 12.8 Å². The molecule has 0 fully saturated rings. The second-order valence-electron chi connectivity index (χ2n) is 7.83. The van der Waals surface area contributed by atoms with Crippen LogP contribution in [0.2, 0.25) is 0 Å². The Morgan fingerprint density at radius 1 is 0.645 bits per heavy atom. The normalized spacial score (nSPS) is 15.2. The van der Waals surface area contributed by atoms with E-state index in [-0.39, 0.29) is 12.8 Å². The lowest BCUT2D eigenvalue weighted by Crippen LogP contribution is -2.45. The Morgan fingerprint density at radius 2 is 0.935 bits per heavy atom. The highest BCUT2D eigenvalue weighted by molar-refractivity contribution is 6.06. The largest absolute Gasteiger partial charge is 0.481 e. The summed E-state index contributed by atoms with van der Waals surface area (Å²) >= 11 is 0. The van der Waals surface area contributed by atoms with Gasteiger partial charge in [0, 0.05) is 0 Å². The molecule has 31 heavy (non-hydrogen) atoms. The van der Waals surface area contributed by atoms with Crippen LogP contribution in [0, 0.1) is 29.1 Å². The van der Waals surface area contributed by atoms with Crippen LogP contribution in [0.5, 0.6) is 0 Å². The van der Waals surface area contributed by atoms with E-state index in [0.717, 1.165) is 0 Å². The van der Waals surface area contributed by atoms with Gasteiger partial charge in [0.15, 0.2) is 5.41 Å². The first kappa shape index (κ1) is 28.2. The number of hydrogen-bond acceptors (Lipinski definition) is 8. The number of rotatable bonds is 12. The zero-order valence-corrected chi connectivity index (χ0v) is 18.8. The zero-order valence-electron chi connectivity index (χ0n) is 18.8. The van der Waals surface area contributed by atoms with Crippen LogP contribution >= 0.6 is 0 Å². The molecule has 2 N–H and O–H groups in total. The van der Waals surface area contributed by atoms with E-state index in [4.69, 9.17) is 19.7 Å². The quantitative estimate of drug-likeness (QED) is 0.338. The van der Waals surface area contributed by atoms with Gasteiger partial charge in [0.1, 0.15) is 0 Å². The minimum atomic E-state index is -1.95. The minimum absolute atomic E-state index is 0.0786. The second kappa shape index (κ2) is 12.2. The van der Waals surface area contributed by atoms with Crippen molar-refractivity contribution in [3.8, 4) is 0 Å². The van der Waals surface area contributed by atoms with E-state index >= 15 is 0 Å². The summed E-state index contributed by atoms with van der Waals surface area (Å²) in [5, 5.41) is 18.1. The second-order valence-corrected chi connectivity index (χ2v) is 7.83. The molecule has 0 rings (SSSR count). The molecule has 4 atom stereocenters. The predicted octanol–water partition coefficient (Wildman–Crippen LogP) is 2.43. The van der Waals surface area contributed by atoms with Gasteiger partial charge in [-0.1, -0.05) is 54.4 Å². The van der Waals surface area contributed by atoms with Gasteiger partial charge >= 0.3 is 35.8 Å². The van der Waals surface area contributed by atoms with Gasteiger partial charge in [-0.2, -0.15) is 0 Å². The van der Waals surface area contributed by atoms with Crippen LogP contribution in [-0.2, 0) is 38.2 Å². The first-order valence-corrected chi connectivity index (χ1v) is 10.2. The van der Waals surface area contributed by atoms with Crippen molar-refractivity contribution in [2.75, 3.05) is 0 Å². The number of carbonyl (C=O) groups excluding carboxylic acids is 4. The Morgan fingerprint density at radius 3 is 1.16 bits per heavy atom. The molecular formula is C21H32O10. The van der Waals surface area contributed by atoms with E-state index in [0.29, 0.717) is 12.8 Å². The Hall–Kier alpha value is -2.78. The van der Waals surface area contributed by atoms with Crippen LogP contribution in [0.4, 0.5) is 0 Å². The lowest BCUT2D eigenvalue weighted by atomic mass is 9.79. The molecule has 0 saturated carbocycles. The van der Waals surface area contributed by atoms with Gasteiger partial charge < -0.3 is 19.7 Å². The van der Waals surface area contributed by atoms with Crippen LogP contribution in [0.3, 0.4) is 0 Å². The SMILES string of the molecule is CCCC(CCC)(C(=O)OC(=O)C(C)C(C)C(=O)O)C(=O)OC(=O)C(C)C(C)C(=O)O. The molecule has 10 heteroatoms. The molecule has 0 amide bonds. The van der Waals surface area contributed by atoms with Crippen molar-refractivity contribution < 1.29 is 48.5 Å². The Kier molecular flexibility index (Phi) is 11.1. The standard InChI is InChI=1S/C21H32O10/c1-7-9-21(10-8-2,19(28)30-17(26)13(5)11(3)15(22)23)20(29)31-18(27)14(6)12(4)16(24)25/h11-14H,7-10H2,1-6H3,(H,22,23)(H,24,25). The van der Waals surface area contributed by atoms with Gasteiger partial charge in [0.05, 0.1) is 23.7 Å². The van der Waals surface area contributed by atoms with E-state index in [1.54, 1.807) is 13.8 Å². The van der Waals surface area contributed by atoms with E-state index < -0.39 is 64.9 Å². The number of aliphatic carboxylic acids is 2. The third-order valence-corrected chi connectivity index (χ3v) is 5.54. The molecule has 0 heterocycles. The summed E-state index contributed by atoms with van der Waals surface area (Å²) in [5.41, 5.74) is -1.95. The summed E-state index contributed by atoms with van der Waals surface area (Å²) in [6, 6.07) is 0. The van der Waals surface area contributed by atoms with Crippen LogP contribution in [0.1, 0.15) is 67.2 Å². The van der Waals surface area contributed by atoms with Crippen molar-refractivity contribution in [1.82, 2.24) is 0 Å². The fourth-order valence-electron chi connectivity index (χ4n) is 2.87. The number of carboxylic acid groups (broad SMARTS) is 2. The molecule has 0 radical (unpaired) electrons. The van der Waals surface area contributed by atoms with Crippen molar-refractivity contribution in [2.45, 2.75) is 67.2 Å². The fraction of sp³-hybridized carbons (Fsp3) is 0.714. The maximum atomic E-state index is 12.9. The van der Waals surface area contributed by atoms with Gasteiger partial charge in [0.25, 0.3) is 0 Å². The first-order chi connectivity index (χ1) is 14.3. The van der Waals surface area contributed by atoms with Gasteiger partial charge in [-0.3, -0.25) is 28.8 Å². The van der Waals surface area contributed by atoms with Crippen molar-refractivity contribution in [1.29, 1.82) is 0 Å². The maximum absolute atomic E-state index is 12.9. The molecule has 0 aromatic rings. The predicted molar refractivity (Wildman–Crippen MR) is 106 cm³/mol. The van der Waals surface area contributed by atoms with E-state index in [1.165, 1.54) is 27.7 Å². The lowest BCUT2D eigenvalue weighted by Gasteiger charge is -2.29. The van der Waals surface area contributed by atoms with Crippen molar-refractivity contribution >= 4 is 35.8 Å². The zero-order chi connectivity index (χ0) is 24.5. The summed E-state index contributed by atoms with van der Waals surface area (Å²) in [5.74, 6) is -11.7. The molecule has 4 unspecified atom stereocenters. The summed E-state index contributed by atoms with van der Waals surface area (Å²) in [4.78, 5) is 72.5. The van der Waals surface area contributed by atoms with Gasteiger partial charge in [-0.15, -0.1) is 0 Å². The lowest BCUT2D eigenvalue weighted by molar-refractivity contribution is -0.184. The molecule has 0 aliphatic carbocycles. The van der Waals surface area contributed by atoms with Crippen LogP contribution in [0.15, 0.2) is 0 Å². The summed E-state index contributed by atoms with van der Waals surface area (Å²) < 4.78 is 9.71. The molecule has 0 saturated heterocycles. The third kappa shape index (κ3) is 7.15. The van der Waals surface area contributed by atoms with E-state index in [9.17, 15) is 28.8 Å². The van der Waals surface area contributed by atoms with Gasteiger partial charge in [0.2, 0.25) is 0 Å². The molecule has 10 nitrogen and oxygen atoms in total. The average molecular weight is 444 g/mol. The monoisotopic (exact) mass is 444 g/mol. The number of carboxylic acids is 2. The van der Waals surface area contributed by atoms with Crippen molar-refractivity contribution in [2.24, 2.45) is 29.1 Å². The molecule has 176 valence electrons. The number of carbonyl (C=O) groups is 6. The molecule has 0 aromatic heterocycles. The smallest absolute Gasteiger partial charge is 0.331 e. The first-order valence-electron chi connectivity index (χ1n) is 10.2. The highest BCUT2D eigenvalue weighted by Crippen LogP contribution is 2.34. The van der Waals surface area contributed by atoms with Crippen molar-refractivity contribution in [3.63, 3.8) is 0 Å². The van der Waals surface area contributed by atoms with E-state index in [2.05, 4.69) is 0 Å². The molecule has 0 aliphatic heterocycles. The highest BCUT2D eigenvalue weighted by atomic mass is 16.6. The Balaban J connectivity index is 5.77. The van der Waals surface area contributed by atoms with Gasteiger partial charge in [-0.25, -0.2) is 0 Å². The Bertz CT molecular complexity index is 651. The fourth-order valence-corrected chi connectivity index (χ4v) is 2.87. The average Bonchev–Trinajstić information content (AvgIpc) is 2.70. The van der Waals surface area contributed by atoms with Crippen LogP contribution < -0.4 is 0 Å².